The second-order valence-electron chi connectivity index (χ2n) is 7.94. The summed E-state index contributed by atoms with van der Waals surface area (Å²) in [5.41, 5.74) is 4.06. The van der Waals surface area contributed by atoms with Gasteiger partial charge < -0.3 is 4.90 Å². The Balaban J connectivity index is 1.26. The third-order valence-corrected chi connectivity index (χ3v) is 6.42. The van der Waals surface area contributed by atoms with Gasteiger partial charge in [0.25, 0.3) is 0 Å². The molecular weight excluding hydrogens is 322 g/mol. The van der Waals surface area contributed by atoms with E-state index in [1.807, 2.05) is 0 Å². The van der Waals surface area contributed by atoms with Crippen LogP contribution in [0.1, 0.15) is 35.7 Å². The van der Waals surface area contributed by atoms with Crippen LogP contribution in [0.3, 0.4) is 0 Å². The number of anilines is 1. The number of aromatic nitrogens is 2. The maximum Gasteiger partial charge on any atom is 0.225 e. The Labute approximate surface area is 155 Å². The SMILES string of the molecule is CN1[C@H]2CC[C@@H]1c1cnc(N3CCN(Cc4ccccc4)CC3)nc1C2. The van der Waals surface area contributed by atoms with E-state index < -0.39 is 0 Å². The molecule has 1 aromatic carbocycles. The lowest BCUT2D eigenvalue weighted by Crippen LogP contribution is -2.46. The predicted molar refractivity (Wildman–Crippen MR) is 103 cm³/mol. The molecule has 0 amide bonds. The molecule has 2 fully saturated rings. The molecule has 3 aliphatic rings. The Morgan fingerprint density at radius 1 is 1.04 bits per heavy atom. The van der Waals surface area contributed by atoms with E-state index in [-0.39, 0.29) is 0 Å². The summed E-state index contributed by atoms with van der Waals surface area (Å²) < 4.78 is 0. The van der Waals surface area contributed by atoms with Crippen LogP contribution in [0.4, 0.5) is 5.95 Å². The van der Waals surface area contributed by atoms with E-state index in [2.05, 4.69) is 58.3 Å². The van der Waals surface area contributed by atoms with Crippen molar-refractivity contribution in [3.05, 3.63) is 53.3 Å². The second kappa shape index (κ2) is 6.63. The summed E-state index contributed by atoms with van der Waals surface area (Å²) in [5, 5.41) is 0. The summed E-state index contributed by atoms with van der Waals surface area (Å²) >= 11 is 0. The molecule has 0 unspecified atom stereocenters. The van der Waals surface area contributed by atoms with Crippen LogP contribution >= 0.6 is 0 Å². The Kier molecular flexibility index (Phi) is 4.14. The third-order valence-electron chi connectivity index (χ3n) is 6.42. The van der Waals surface area contributed by atoms with E-state index in [0.717, 1.165) is 45.1 Å². The number of nitrogens with zero attached hydrogens (tertiary/aromatic N) is 5. The molecular formula is C21H27N5. The van der Waals surface area contributed by atoms with Crippen molar-refractivity contribution in [2.45, 2.75) is 37.9 Å². The Morgan fingerprint density at radius 3 is 2.65 bits per heavy atom. The summed E-state index contributed by atoms with van der Waals surface area (Å²) in [6, 6.07) is 12.0. The zero-order chi connectivity index (χ0) is 17.5. The van der Waals surface area contributed by atoms with Crippen LogP contribution in [0.15, 0.2) is 36.5 Å². The van der Waals surface area contributed by atoms with E-state index in [0.29, 0.717) is 12.1 Å². The third kappa shape index (κ3) is 2.89. The largest absolute Gasteiger partial charge is 0.338 e. The lowest BCUT2D eigenvalue weighted by Gasteiger charge is -2.36. The molecule has 0 saturated carbocycles. The highest BCUT2D eigenvalue weighted by Gasteiger charge is 2.38. The van der Waals surface area contributed by atoms with E-state index in [4.69, 9.17) is 9.97 Å². The zero-order valence-corrected chi connectivity index (χ0v) is 15.5. The average molecular weight is 349 g/mol. The quantitative estimate of drug-likeness (QED) is 0.851. The van der Waals surface area contributed by atoms with Crippen LogP contribution < -0.4 is 4.90 Å². The minimum Gasteiger partial charge on any atom is -0.338 e. The molecule has 4 heterocycles. The van der Waals surface area contributed by atoms with Gasteiger partial charge in [-0.2, -0.15) is 0 Å². The molecule has 0 spiro atoms. The number of likely N-dealkylation sites (N-methyl/N-ethyl adjacent to an activating group) is 1. The maximum absolute atomic E-state index is 4.99. The van der Waals surface area contributed by atoms with Gasteiger partial charge in [0.05, 0.1) is 5.69 Å². The lowest BCUT2D eigenvalue weighted by atomic mass is 10.0. The molecule has 0 aliphatic carbocycles. The zero-order valence-electron chi connectivity index (χ0n) is 15.5. The first-order valence-corrected chi connectivity index (χ1v) is 9.87. The molecule has 0 N–H and O–H groups in total. The van der Waals surface area contributed by atoms with E-state index in [9.17, 15) is 0 Å². The number of piperazine rings is 1. The molecule has 0 radical (unpaired) electrons. The van der Waals surface area contributed by atoms with Crippen molar-refractivity contribution in [3.8, 4) is 0 Å². The van der Waals surface area contributed by atoms with Crippen molar-refractivity contribution in [1.29, 1.82) is 0 Å². The first-order valence-electron chi connectivity index (χ1n) is 9.87. The normalized spacial score (nSPS) is 26.1. The molecule has 3 aliphatic heterocycles. The molecule has 2 aromatic rings. The van der Waals surface area contributed by atoms with Crippen LogP contribution in [0.5, 0.6) is 0 Å². The Morgan fingerprint density at radius 2 is 1.85 bits per heavy atom. The van der Waals surface area contributed by atoms with Crippen LogP contribution in [0.25, 0.3) is 0 Å². The van der Waals surface area contributed by atoms with Gasteiger partial charge in [-0.25, -0.2) is 9.97 Å². The van der Waals surface area contributed by atoms with Crippen molar-refractivity contribution in [3.63, 3.8) is 0 Å². The highest BCUT2D eigenvalue weighted by Crippen LogP contribution is 2.41. The van der Waals surface area contributed by atoms with Gasteiger partial charge in [-0.05, 0) is 25.5 Å². The molecule has 2 atom stereocenters. The summed E-state index contributed by atoms with van der Waals surface area (Å²) in [6.07, 6.45) is 5.75. The van der Waals surface area contributed by atoms with E-state index >= 15 is 0 Å². The monoisotopic (exact) mass is 349 g/mol. The molecule has 5 rings (SSSR count). The molecule has 2 bridgehead atoms. The molecule has 5 heteroatoms. The van der Waals surface area contributed by atoms with Crippen molar-refractivity contribution >= 4 is 5.95 Å². The summed E-state index contributed by atoms with van der Waals surface area (Å²) in [4.78, 5) is 17.1. The Hall–Kier alpha value is -1.98. The van der Waals surface area contributed by atoms with Crippen molar-refractivity contribution in [1.82, 2.24) is 19.8 Å². The lowest BCUT2D eigenvalue weighted by molar-refractivity contribution is 0.221. The summed E-state index contributed by atoms with van der Waals surface area (Å²) in [5.74, 6) is 0.937. The first-order chi connectivity index (χ1) is 12.8. The van der Waals surface area contributed by atoms with E-state index in [1.54, 1.807) is 0 Å². The summed E-state index contributed by atoms with van der Waals surface area (Å²) in [6.45, 7) is 5.21. The smallest absolute Gasteiger partial charge is 0.225 e. The van der Waals surface area contributed by atoms with Crippen molar-refractivity contribution < 1.29 is 0 Å². The van der Waals surface area contributed by atoms with Gasteiger partial charge in [-0.15, -0.1) is 0 Å². The number of rotatable bonds is 3. The fourth-order valence-electron chi connectivity index (χ4n) is 4.81. The average Bonchev–Trinajstić information content (AvgIpc) is 2.92. The van der Waals surface area contributed by atoms with Gasteiger partial charge in [0, 0.05) is 63.0 Å². The van der Waals surface area contributed by atoms with Gasteiger partial charge in [-0.1, -0.05) is 30.3 Å². The van der Waals surface area contributed by atoms with Gasteiger partial charge in [0.1, 0.15) is 0 Å². The van der Waals surface area contributed by atoms with Crippen LogP contribution in [-0.4, -0.2) is 59.0 Å². The standard InChI is InChI=1S/C21H27N5/c1-24-17-7-8-20(24)18-14-22-21(23-19(18)13-17)26-11-9-25(10-12-26)15-16-5-3-2-4-6-16/h2-6,14,17,20H,7-13,15H2,1H3/t17-,20+/m0/s1. The van der Waals surface area contributed by atoms with Gasteiger partial charge >= 0.3 is 0 Å². The molecule has 136 valence electrons. The fraction of sp³-hybridized carbons (Fsp3) is 0.524. The topological polar surface area (TPSA) is 35.5 Å². The van der Waals surface area contributed by atoms with Gasteiger partial charge in [-0.3, -0.25) is 9.80 Å². The fourth-order valence-corrected chi connectivity index (χ4v) is 4.81. The summed E-state index contributed by atoms with van der Waals surface area (Å²) in [7, 11) is 2.26. The van der Waals surface area contributed by atoms with Gasteiger partial charge in [0.15, 0.2) is 0 Å². The number of hydrogen-bond acceptors (Lipinski definition) is 5. The van der Waals surface area contributed by atoms with Crippen molar-refractivity contribution in [2.75, 3.05) is 38.1 Å². The van der Waals surface area contributed by atoms with Crippen LogP contribution in [0.2, 0.25) is 0 Å². The van der Waals surface area contributed by atoms with Crippen LogP contribution in [0, 0.1) is 0 Å². The van der Waals surface area contributed by atoms with Crippen LogP contribution in [-0.2, 0) is 13.0 Å². The second-order valence-corrected chi connectivity index (χ2v) is 7.94. The molecule has 2 saturated heterocycles. The first kappa shape index (κ1) is 16.2. The minimum absolute atomic E-state index is 0.542. The predicted octanol–water partition coefficient (Wildman–Crippen LogP) is 2.49. The molecule has 1 aromatic heterocycles. The highest BCUT2D eigenvalue weighted by molar-refractivity contribution is 5.37. The van der Waals surface area contributed by atoms with Gasteiger partial charge in [0.2, 0.25) is 5.95 Å². The minimum atomic E-state index is 0.542. The number of hydrogen-bond donors (Lipinski definition) is 0. The number of benzene rings is 1. The maximum atomic E-state index is 4.99. The number of fused-ring (bicyclic) bond motifs is 4. The molecule has 5 nitrogen and oxygen atoms in total. The molecule has 26 heavy (non-hydrogen) atoms. The van der Waals surface area contributed by atoms with Crippen molar-refractivity contribution in [2.24, 2.45) is 0 Å². The van der Waals surface area contributed by atoms with E-state index in [1.165, 1.54) is 29.7 Å². The Bertz CT molecular complexity index is 769. The highest BCUT2D eigenvalue weighted by atomic mass is 15.3.